The number of esters is 1. The molecule has 0 spiro atoms. The van der Waals surface area contributed by atoms with E-state index in [2.05, 4.69) is 17.1 Å². The predicted octanol–water partition coefficient (Wildman–Crippen LogP) is 1.26. The lowest BCUT2D eigenvalue weighted by Crippen LogP contribution is -2.44. The molecule has 1 aliphatic heterocycles. The number of likely N-dealkylation sites (N-methyl/N-ethyl adjacent to an activating group) is 1. The predicted molar refractivity (Wildman–Crippen MR) is 68.9 cm³/mol. The Morgan fingerprint density at radius 3 is 2.59 bits per heavy atom. The van der Waals surface area contributed by atoms with Crippen molar-refractivity contribution in [2.24, 2.45) is 5.41 Å². The molecule has 1 saturated heterocycles. The van der Waals surface area contributed by atoms with Gasteiger partial charge in [-0.3, -0.25) is 9.69 Å². The van der Waals surface area contributed by atoms with Crippen LogP contribution in [0.2, 0.25) is 0 Å². The summed E-state index contributed by atoms with van der Waals surface area (Å²) in [5.41, 5.74) is 0.279. The maximum absolute atomic E-state index is 11.8. The molecule has 4 heteroatoms. The highest BCUT2D eigenvalue weighted by molar-refractivity contribution is 5.75. The zero-order valence-electron chi connectivity index (χ0n) is 11.7. The minimum absolute atomic E-state index is 0.0397. The van der Waals surface area contributed by atoms with Crippen molar-refractivity contribution < 1.29 is 9.53 Å². The number of nitrogens with zero attached hydrogens (tertiary/aromatic N) is 1. The highest BCUT2D eigenvalue weighted by Gasteiger charge is 2.32. The summed E-state index contributed by atoms with van der Waals surface area (Å²) in [4.78, 5) is 13.9. The summed E-state index contributed by atoms with van der Waals surface area (Å²) in [6.45, 7) is 11.0. The van der Waals surface area contributed by atoms with Gasteiger partial charge >= 0.3 is 5.97 Å². The Hall–Kier alpha value is -0.610. The van der Waals surface area contributed by atoms with Crippen LogP contribution in [0.15, 0.2) is 0 Å². The summed E-state index contributed by atoms with van der Waals surface area (Å²) in [5.74, 6) is -0.128. The molecule has 17 heavy (non-hydrogen) atoms. The van der Waals surface area contributed by atoms with Crippen molar-refractivity contribution in [3.05, 3.63) is 0 Å². The highest BCUT2D eigenvalue weighted by atomic mass is 16.5. The van der Waals surface area contributed by atoms with Crippen molar-refractivity contribution in [1.29, 1.82) is 0 Å². The first kappa shape index (κ1) is 14.5. The van der Waals surface area contributed by atoms with Crippen molar-refractivity contribution in [3.8, 4) is 0 Å². The zero-order chi connectivity index (χ0) is 13.1. The summed E-state index contributed by atoms with van der Waals surface area (Å²) in [6.07, 6.45) is 1.13. The van der Waals surface area contributed by atoms with E-state index in [0.29, 0.717) is 0 Å². The van der Waals surface area contributed by atoms with E-state index in [1.807, 2.05) is 27.8 Å². The van der Waals surface area contributed by atoms with Crippen LogP contribution in [-0.2, 0) is 9.53 Å². The molecule has 0 bridgehead atoms. The van der Waals surface area contributed by atoms with E-state index >= 15 is 0 Å². The quantitative estimate of drug-likeness (QED) is 0.737. The van der Waals surface area contributed by atoms with E-state index in [0.717, 1.165) is 19.6 Å². The summed E-state index contributed by atoms with van der Waals surface area (Å²) >= 11 is 0. The van der Waals surface area contributed by atoms with Crippen molar-refractivity contribution in [2.45, 2.75) is 46.3 Å². The Morgan fingerprint density at radius 2 is 2.12 bits per heavy atom. The lowest BCUT2D eigenvalue weighted by atomic mass is 9.89. The molecule has 1 aliphatic rings. The van der Waals surface area contributed by atoms with Gasteiger partial charge in [-0.25, -0.2) is 0 Å². The highest BCUT2D eigenvalue weighted by Crippen LogP contribution is 2.25. The minimum Gasteiger partial charge on any atom is -0.462 e. The fourth-order valence-electron chi connectivity index (χ4n) is 2.25. The number of carbonyl (C=O) groups excluding carboxylic acids is 1. The molecular formula is C13H26N2O2. The lowest BCUT2D eigenvalue weighted by Gasteiger charge is -2.32. The molecule has 100 valence electrons. The molecule has 1 fully saturated rings. The van der Waals surface area contributed by atoms with Gasteiger partial charge in [-0.15, -0.1) is 0 Å². The molecule has 1 rings (SSSR count). The number of hydrogen-bond acceptors (Lipinski definition) is 4. The molecule has 1 heterocycles. The largest absolute Gasteiger partial charge is 0.462 e. The van der Waals surface area contributed by atoms with Crippen LogP contribution in [0.5, 0.6) is 0 Å². The van der Waals surface area contributed by atoms with Gasteiger partial charge in [-0.05, 0) is 46.2 Å². The standard InChI is InChI=1S/C13H26N2O2/c1-10(2)17-12(16)11(3)15(5)9-13(4)6-7-14-8-13/h10-11,14H,6-9H2,1-5H3. The number of rotatable bonds is 5. The first-order valence-electron chi connectivity index (χ1n) is 6.45. The normalized spacial score (nSPS) is 26.5. The Morgan fingerprint density at radius 1 is 1.47 bits per heavy atom. The van der Waals surface area contributed by atoms with Crippen LogP contribution in [0, 0.1) is 5.41 Å². The van der Waals surface area contributed by atoms with E-state index < -0.39 is 0 Å². The van der Waals surface area contributed by atoms with Crippen molar-refractivity contribution in [1.82, 2.24) is 10.2 Å². The van der Waals surface area contributed by atoms with E-state index in [1.54, 1.807) is 0 Å². The maximum atomic E-state index is 11.8. The summed E-state index contributed by atoms with van der Waals surface area (Å²) in [5, 5.41) is 3.38. The molecule has 0 aromatic rings. The zero-order valence-corrected chi connectivity index (χ0v) is 11.7. The second kappa shape index (κ2) is 5.83. The summed E-state index contributed by atoms with van der Waals surface area (Å²) < 4.78 is 5.23. The monoisotopic (exact) mass is 242 g/mol. The van der Waals surface area contributed by atoms with Crippen molar-refractivity contribution >= 4 is 5.97 Å². The Bertz CT molecular complexity index is 260. The van der Waals surface area contributed by atoms with Gasteiger partial charge in [0, 0.05) is 13.1 Å². The van der Waals surface area contributed by atoms with E-state index in [-0.39, 0.29) is 23.5 Å². The molecule has 0 saturated carbocycles. The number of ether oxygens (including phenoxy) is 1. The molecule has 2 atom stereocenters. The summed E-state index contributed by atoms with van der Waals surface area (Å²) in [6, 6.07) is -0.171. The first-order chi connectivity index (χ1) is 7.84. The molecule has 0 aromatic heterocycles. The fourth-order valence-corrected chi connectivity index (χ4v) is 2.25. The average molecular weight is 242 g/mol. The van der Waals surface area contributed by atoms with E-state index in [9.17, 15) is 4.79 Å². The topological polar surface area (TPSA) is 41.6 Å². The molecule has 2 unspecified atom stereocenters. The van der Waals surface area contributed by atoms with Gasteiger partial charge in [0.2, 0.25) is 0 Å². The Labute approximate surface area is 105 Å². The van der Waals surface area contributed by atoms with Crippen molar-refractivity contribution in [2.75, 3.05) is 26.7 Å². The van der Waals surface area contributed by atoms with E-state index in [1.165, 1.54) is 6.42 Å². The smallest absolute Gasteiger partial charge is 0.323 e. The van der Waals surface area contributed by atoms with Crippen LogP contribution in [0.1, 0.15) is 34.1 Å². The molecule has 0 aliphatic carbocycles. The fraction of sp³-hybridized carbons (Fsp3) is 0.923. The van der Waals surface area contributed by atoms with Crippen molar-refractivity contribution in [3.63, 3.8) is 0 Å². The number of nitrogens with one attached hydrogen (secondary N) is 1. The van der Waals surface area contributed by atoms with Crippen LogP contribution >= 0.6 is 0 Å². The molecule has 0 aromatic carbocycles. The van der Waals surface area contributed by atoms with Crippen LogP contribution in [0.3, 0.4) is 0 Å². The molecule has 0 amide bonds. The Kier molecular flexibility index (Phi) is 4.95. The van der Waals surface area contributed by atoms with Gasteiger partial charge in [-0.2, -0.15) is 0 Å². The Balaban J connectivity index is 2.46. The van der Waals surface area contributed by atoms with Gasteiger partial charge in [-0.1, -0.05) is 6.92 Å². The van der Waals surface area contributed by atoms with Gasteiger partial charge < -0.3 is 10.1 Å². The number of hydrogen-bond donors (Lipinski definition) is 1. The second-order valence-electron chi connectivity index (χ2n) is 5.81. The molecule has 0 radical (unpaired) electrons. The third-order valence-corrected chi connectivity index (χ3v) is 3.44. The minimum atomic E-state index is -0.171. The van der Waals surface area contributed by atoms with Crippen LogP contribution in [0.25, 0.3) is 0 Å². The van der Waals surface area contributed by atoms with Crippen LogP contribution in [0.4, 0.5) is 0 Å². The average Bonchev–Trinajstić information content (AvgIpc) is 2.62. The second-order valence-corrected chi connectivity index (χ2v) is 5.81. The van der Waals surface area contributed by atoms with Gasteiger partial charge in [0.05, 0.1) is 6.10 Å². The molecule has 4 nitrogen and oxygen atoms in total. The van der Waals surface area contributed by atoms with Gasteiger partial charge in [0.25, 0.3) is 0 Å². The van der Waals surface area contributed by atoms with Gasteiger partial charge in [0.15, 0.2) is 0 Å². The molecule has 1 N–H and O–H groups in total. The third kappa shape index (κ3) is 4.28. The van der Waals surface area contributed by atoms with Crippen LogP contribution < -0.4 is 5.32 Å². The summed E-state index contributed by atoms with van der Waals surface area (Å²) in [7, 11) is 2.00. The van der Waals surface area contributed by atoms with Gasteiger partial charge in [0.1, 0.15) is 6.04 Å². The third-order valence-electron chi connectivity index (χ3n) is 3.44. The SMILES string of the molecule is CC(C)OC(=O)C(C)N(C)CC1(C)CCNC1. The first-order valence-corrected chi connectivity index (χ1v) is 6.45. The lowest BCUT2D eigenvalue weighted by molar-refractivity contribution is -0.153. The maximum Gasteiger partial charge on any atom is 0.323 e. The molecular weight excluding hydrogens is 216 g/mol. The van der Waals surface area contributed by atoms with E-state index in [4.69, 9.17) is 4.74 Å². The number of carbonyl (C=O) groups is 1. The van der Waals surface area contributed by atoms with Crippen LogP contribution in [-0.4, -0.2) is 49.7 Å².